The summed E-state index contributed by atoms with van der Waals surface area (Å²) in [5, 5.41) is 3.99. The molecule has 2 aromatic rings. The Kier molecular flexibility index (Phi) is 5.50. The zero-order valence-corrected chi connectivity index (χ0v) is 15.8. The zero-order valence-electron chi connectivity index (χ0n) is 15.0. The van der Waals surface area contributed by atoms with Crippen LogP contribution in [-0.4, -0.2) is 18.2 Å². The van der Waals surface area contributed by atoms with E-state index >= 15 is 0 Å². The van der Waals surface area contributed by atoms with Gasteiger partial charge in [0.2, 0.25) is 0 Å². The Hall–Kier alpha value is -2.03. The summed E-state index contributed by atoms with van der Waals surface area (Å²) in [6.07, 6.45) is -0.789. The van der Waals surface area contributed by atoms with Crippen LogP contribution in [0.1, 0.15) is 56.2 Å². The predicted molar refractivity (Wildman–Crippen MR) is 96.0 cm³/mol. The first kappa shape index (κ1) is 19.7. The third kappa shape index (κ3) is 4.12. The smallest absolute Gasteiger partial charge is 0.262 e. The maximum Gasteiger partial charge on any atom is 0.433 e. The van der Waals surface area contributed by atoms with Gasteiger partial charge in [-0.15, -0.1) is 0 Å². The molecule has 3 rings (SSSR count). The lowest BCUT2D eigenvalue weighted by Crippen LogP contribution is -2.19. The maximum absolute atomic E-state index is 13.8. The van der Waals surface area contributed by atoms with Gasteiger partial charge in [-0.05, 0) is 37.8 Å². The average molecular weight is 401 g/mol. The molecule has 1 N–H and O–H groups in total. The van der Waals surface area contributed by atoms with E-state index in [9.17, 15) is 21.6 Å². The van der Waals surface area contributed by atoms with Crippen molar-refractivity contribution in [1.82, 2.24) is 9.78 Å². The monoisotopic (exact) mass is 401 g/mol. The predicted octanol–water partition coefficient (Wildman–Crippen LogP) is 4.77. The molecule has 1 aromatic carbocycles. The minimum atomic E-state index is -4.60. The van der Waals surface area contributed by atoms with Crippen LogP contribution in [0, 0.1) is 0 Å². The first-order chi connectivity index (χ1) is 12.7. The summed E-state index contributed by atoms with van der Waals surface area (Å²) in [5.74, 6) is -0.566. The second-order valence-electron chi connectivity index (χ2n) is 6.68. The molecule has 0 atom stereocenters. The van der Waals surface area contributed by atoms with E-state index in [0.717, 1.165) is 23.9 Å². The molecule has 0 amide bonds. The number of anilines is 1. The first-order valence-corrected chi connectivity index (χ1v) is 10.5. The van der Waals surface area contributed by atoms with Crippen molar-refractivity contribution in [2.75, 3.05) is 4.72 Å². The topological polar surface area (TPSA) is 64.0 Å². The fourth-order valence-electron chi connectivity index (χ4n) is 3.64. The molecule has 1 aromatic heterocycles. The molecule has 0 saturated heterocycles. The van der Waals surface area contributed by atoms with Gasteiger partial charge in [0.25, 0.3) is 10.0 Å². The summed E-state index contributed by atoms with van der Waals surface area (Å²) in [6, 6.07) is 7.57. The van der Waals surface area contributed by atoms with Crippen LogP contribution < -0.4 is 4.72 Å². The minimum Gasteiger partial charge on any atom is -0.262 e. The Balaban J connectivity index is 2.10. The minimum absolute atomic E-state index is 0.00162. The number of alkyl halides is 3. The number of nitrogens with one attached hydrogen (secondary N) is 1. The number of aromatic nitrogens is 2. The summed E-state index contributed by atoms with van der Waals surface area (Å²) in [5.41, 5.74) is -0.869. The van der Waals surface area contributed by atoms with Crippen molar-refractivity contribution < 1.29 is 21.6 Å². The van der Waals surface area contributed by atoms with Gasteiger partial charge in [0.15, 0.2) is 5.82 Å². The molecule has 0 aliphatic heterocycles. The molecular weight excluding hydrogens is 379 g/mol. The van der Waals surface area contributed by atoms with Crippen LogP contribution in [-0.2, 0) is 22.7 Å². The van der Waals surface area contributed by atoms with Crippen LogP contribution in [0.3, 0.4) is 0 Å². The van der Waals surface area contributed by atoms with Gasteiger partial charge in [0.05, 0.1) is 4.90 Å². The molecule has 0 radical (unpaired) electrons. The molecule has 1 aliphatic carbocycles. The highest BCUT2D eigenvalue weighted by Crippen LogP contribution is 2.44. The summed E-state index contributed by atoms with van der Waals surface area (Å²) in [7, 11) is -4.02. The van der Waals surface area contributed by atoms with Crippen molar-refractivity contribution in [2.45, 2.75) is 62.6 Å². The standard InChI is InChI=1S/C18H22F3N3O2S/c1-2-24-16(18(19,20)21)15(13-9-5-3-6-10-13)17(22-24)23-27(25,26)14-11-7-4-8-12-14/h4,7-8,11-13H,2-3,5-6,9-10H2,1H3,(H,22,23). The van der Waals surface area contributed by atoms with Gasteiger partial charge in [-0.2, -0.15) is 18.3 Å². The van der Waals surface area contributed by atoms with E-state index in [1.165, 1.54) is 12.1 Å². The molecule has 9 heteroatoms. The summed E-state index contributed by atoms with van der Waals surface area (Å²) < 4.78 is 69.8. The lowest BCUT2D eigenvalue weighted by Gasteiger charge is -2.24. The highest BCUT2D eigenvalue weighted by Gasteiger charge is 2.42. The van der Waals surface area contributed by atoms with Gasteiger partial charge in [-0.25, -0.2) is 8.42 Å². The molecule has 1 aliphatic rings. The number of rotatable bonds is 5. The Morgan fingerprint density at radius 1 is 1.15 bits per heavy atom. The lowest BCUT2D eigenvalue weighted by atomic mass is 9.83. The molecule has 0 unspecified atom stereocenters. The van der Waals surface area contributed by atoms with E-state index in [4.69, 9.17) is 0 Å². The van der Waals surface area contributed by atoms with Crippen molar-refractivity contribution >= 4 is 15.8 Å². The molecule has 27 heavy (non-hydrogen) atoms. The third-order valence-corrected chi connectivity index (χ3v) is 6.21. The molecular formula is C18H22F3N3O2S. The number of hydrogen-bond acceptors (Lipinski definition) is 3. The highest BCUT2D eigenvalue weighted by molar-refractivity contribution is 7.92. The van der Waals surface area contributed by atoms with Crippen LogP contribution in [0.25, 0.3) is 0 Å². The van der Waals surface area contributed by atoms with Crippen LogP contribution in [0.5, 0.6) is 0 Å². The normalized spacial score (nSPS) is 16.4. The largest absolute Gasteiger partial charge is 0.433 e. The van der Waals surface area contributed by atoms with E-state index in [1.807, 2.05) is 0 Å². The van der Waals surface area contributed by atoms with Crippen molar-refractivity contribution in [3.05, 3.63) is 41.6 Å². The van der Waals surface area contributed by atoms with Gasteiger partial charge in [-0.3, -0.25) is 9.40 Å². The van der Waals surface area contributed by atoms with Crippen molar-refractivity contribution in [3.63, 3.8) is 0 Å². The van der Waals surface area contributed by atoms with Crippen LogP contribution in [0.4, 0.5) is 19.0 Å². The lowest BCUT2D eigenvalue weighted by molar-refractivity contribution is -0.145. The Morgan fingerprint density at radius 2 is 1.78 bits per heavy atom. The maximum atomic E-state index is 13.8. The molecule has 1 heterocycles. The third-order valence-electron chi connectivity index (χ3n) is 4.86. The quantitative estimate of drug-likeness (QED) is 0.785. The number of hydrogen-bond donors (Lipinski definition) is 1. The van der Waals surface area contributed by atoms with Crippen LogP contribution in [0.2, 0.25) is 0 Å². The fraction of sp³-hybridized carbons (Fsp3) is 0.500. The number of nitrogens with zero attached hydrogens (tertiary/aromatic N) is 2. The molecule has 148 valence electrons. The second-order valence-corrected chi connectivity index (χ2v) is 8.36. The van der Waals surface area contributed by atoms with Crippen molar-refractivity contribution in [1.29, 1.82) is 0 Å². The van der Waals surface area contributed by atoms with E-state index in [0.29, 0.717) is 12.8 Å². The highest BCUT2D eigenvalue weighted by atomic mass is 32.2. The van der Waals surface area contributed by atoms with E-state index in [2.05, 4.69) is 9.82 Å². The summed E-state index contributed by atoms with van der Waals surface area (Å²) in [6.45, 7) is 1.56. The summed E-state index contributed by atoms with van der Waals surface area (Å²) in [4.78, 5) is -0.0146. The molecule has 5 nitrogen and oxygen atoms in total. The Morgan fingerprint density at radius 3 is 2.33 bits per heavy atom. The summed E-state index contributed by atoms with van der Waals surface area (Å²) >= 11 is 0. The number of sulfonamides is 1. The molecule has 0 spiro atoms. The average Bonchev–Trinajstić information content (AvgIpc) is 3.01. The van der Waals surface area contributed by atoms with Gasteiger partial charge in [0, 0.05) is 12.1 Å². The first-order valence-electron chi connectivity index (χ1n) is 8.99. The van der Waals surface area contributed by atoms with Gasteiger partial charge < -0.3 is 0 Å². The molecule has 1 fully saturated rings. The van der Waals surface area contributed by atoms with E-state index in [-0.39, 0.29) is 28.7 Å². The van der Waals surface area contributed by atoms with Crippen LogP contribution in [0.15, 0.2) is 35.2 Å². The second kappa shape index (κ2) is 7.53. The van der Waals surface area contributed by atoms with Gasteiger partial charge in [-0.1, -0.05) is 37.5 Å². The van der Waals surface area contributed by atoms with Crippen LogP contribution >= 0.6 is 0 Å². The number of aryl methyl sites for hydroxylation is 1. The Bertz CT molecular complexity index is 887. The van der Waals surface area contributed by atoms with Crippen molar-refractivity contribution in [3.8, 4) is 0 Å². The van der Waals surface area contributed by atoms with E-state index < -0.39 is 21.9 Å². The SMILES string of the molecule is CCn1nc(NS(=O)(=O)c2ccccc2)c(C2CCCCC2)c1C(F)(F)F. The molecule has 1 saturated carbocycles. The zero-order chi connectivity index (χ0) is 19.7. The van der Waals surface area contributed by atoms with Gasteiger partial charge >= 0.3 is 6.18 Å². The van der Waals surface area contributed by atoms with Gasteiger partial charge in [0.1, 0.15) is 5.69 Å². The number of halogens is 3. The fourth-order valence-corrected chi connectivity index (χ4v) is 4.68. The Labute approximate surface area is 156 Å². The van der Waals surface area contributed by atoms with E-state index in [1.54, 1.807) is 25.1 Å². The molecule has 0 bridgehead atoms. The number of benzene rings is 1. The van der Waals surface area contributed by atoms with Crippen molar-refractivity contribution in [2.24, 2.45) is 0 Å².